The Balaban J connectivity index is 2.02. The standard InChI is InChI=1S/C19H18O4/c1-13-3-5-15(6-4-13)7-12-18(20)16-8-10-17(11-9-16)23-14(2)19(21)22/h3-12,14H,1-2H3,(H,21,22)/b12-7+. The Labute approximate surface area is 135 Å². The normalized spacial score (nSPS) is 12.1. The van der Waals surface area contributed by atoms with E-state index in [0.29, 0.717) is 11.3 Å². The van der Waals surface area contributed by atoms with Gasteiger partial charge in [0.2, 0.25) is 0 Å². The third-order valence-corrected chi connectivity index (χ3v) is 3.30. The fourth-order valence-electron chi connectivity index (χ4n) is 1.90. The smallest absolute Gasteiger partial charge is 0.344 e. The molecule has 2 aromatic rings. The molecule has 0 spiro atoms. The van der Waals surface area contributed by atoms with Gasteiger partial charge in [-0.1, -0.05) is 35.9 Å². The van der Waals surface area contributed by atoms with Crippen LogP contribution in [0.2, 0.25) is 0 Å². The van der Waals surface area contributed by atoms with Crippen molar-refractivity contribution in [2.75, 3.05) is 0 Å². The first kappa shape index (κ1) is 16.5. The molecule has 0 amide bonds. The van der Waals surface area contributed by atoms with Crippen LogP contribution in [-0.2, 0) is 4.79 Å². The third-order valence-electron chi connectivity index (χ3n) is 3.30. The van der Waals surface area contributed by atoms with Crippen molar-refractivity contribution >= 4 is 17.8 Å². The zero-order valence-electron chi connectivity index (χ0n) is 13.0. The van der Waals surface area contributed by atoms with Crippen molar-refractivity contribution in [3.05, 3.63) is 71.3 Å². The highest BCUT2D eigenvalue weighted by Gasteiger charge is 2.12. The summed E-state index contributed by atoms with van der Waals surface area (Å²) < 4.78 is 5.22. The van der Waals surface area contributed by atoms with Gasteiger partial charge in [-0.15, -0.1) is 0 Å². The highest BCUT2D eigenvalue weighted by Crippen LogP contribution is 2.15. The van der Waals surface area contributed by atoms with Gasteiger partial charge in [0.25, 0.3) is 0 Å². The summed E-state index contributed by atoms with van der Waals surface area (Å²) in [6.07, 6.45) is 2.34. The highest BCUT2D eigenvalue weighted by molar-refractivity contribution is 6.06. The molecular formula is C19H18O4. The number of rotatable bonds is 6. The summed E-state index contributed by atoms with van der Waals surface area (Å²) in [6, 6.07) is 14.3. The molecule has 2 rings (SSSR count). The second kappa shape index (κ2) is 7.40. The monoisotopic (exact) mass is 310 g/mol. The third kappa shape index (κ3) is 4.81. The van der Waals surface area contributed by atoms with Gasteiger partial charge in [-0.2, -0.15) is 0 Å². The van der Waals surface area contributed by atoms with Gasteiger partial charge < -0.3 is 9.84 Å². The molecule has 4 heteroatoms. The lowest BCUT2D eigenvalue weighted by Gasteiger charge is -2.10. The quantitative estimate of drug-likeness (QED) is 0.652. The second-order valence-electron chi connectivity index (χ2n) is 5.23. The second-order valence-corrected chi connectivity index (χ2v) is 5.23. The largest absolute Gasteiger partial charge is 0.479 e. The van der Waals surface area contributed by atoms with E-state index in [4.69, 9.17) is 9.84 Å². The minimum Gasteiger partial charge on any atom is -0.479 e. The number of ether oxygens (including phenoxy) is 1. The molecule has 23 heavy (non-hydrogen) atoms. The molecule has 0 aliphatic carbocycles. The van der Waals surface area contributed by atoms with Crippen molar-refractivity contribution in [2.45, 2.75) is 20.0 Å². The molecule has 118 valence electrons. The summed E-state index contributed by atoms with van der Waals surface area (Å²) in [5.41, 5.74) is 2.64. The number of carbonyl (C=O) groups is 2. The van der Waals surface area contributed by atoms with Crippen molar-refractivity contribution in [3.8, 4) is 5.75 Å². The van der Waals surface area contributed by atoms with Gasteiger partial charge in [0.05, 0.1) is 0 Å². The van der Waals surface area contributed by atoms with E-state index >= 15 is 0 Å². The van der Waals surface area contributed by atoms with Crippen LogP contribution in [0.1, 0.15) is 28.4 Å². The van der Waals surface area contributed by atoms with Crippen LogP contribution in [0.15, 0.2) is 54.6 Å². The van der Waals surface area contributed by atoms with Gasteiger partial charge in [-0.25, -0.2) is 4.79 Å². The molecule has 4 nitrogen and oxygen atoms in total. The lowest BCUT2D eigenvalue weighted by atomic mass is 10.1. The molecule has 0 aromatic heterocycles. The van der Waals surface area contributed by atoms with Crippen LogP contribution in [0.4, 0.5) is 0 Å². The number of aryl methyl sites for hydroxylation is 1. The fourth-order valence-corrected chi connectivity index (χ4v) is 1.90. The van der Waals surface area contributed by atoms with Gasteiger partial charge in [-0.05, 0) is 49.8 Å². The van der Waals surface area contributed by atoms with E-state index in [0.717, 1.165) is 5.56 Å². The Morgan fingerprint density at radius 3 is 2.22 bits per heavy atom. The summed E-state index contributed by atoms with van der Waals surface area (Å²) in [4.78, 5) is 22.8. The first-order valence-corrected chi connectivity index (χ1v) is 7.24. The summed E-state index contributed by atoms with van der Waals surface area (Å²) in [5, 5.41) is 8.79. The van der Waals surface area contributed by atoms with E-state index in [1.165, 1.54) is 18.6 Å². The van der Waals surface area contributed by atoms with E-state index in [-0.39, 0.29) is 5.78 Å². The van der Waals surface area contributed by atoms with Crippen molar-refractivity contribution in [2.24, 2.45) is 0 Å². The summed E-state index contributed by atoms with van der Waals surface area (Å²) >= 11 is 0. The number of carboxylic acids is 1. The topological polar surface area (TPSA) is 63.6 Å². The lowest BCUT2D eigenvalue weighted by molar-refractivity contribution is -0.144. The Bertz CT molecular complexity index is 712. The molecule has 0 saturated heterocycles. The van der Waals surface area contributed by atoms with E-state index in [2.05, 4.69) is 0 Å². The maximum Gasteiger partial charge on any atom is 0.344 e. The number of hydrogen-bond donors (Lipinski definition) is 1. The van der Waals surface area contributed by atoms with Crippen molar-refractivity contribution in [1.29, 1.82) is 0 Å². The number of ketones is 1. The molecular weight excluding hydrogens is 292 g/mol. The van der Waals surface area contributed by atoms with E-state index < -0.39 is 12.1 Å². The summed E-state index contributed by atoms with van der Waals surface area (Å²) in [5.74, 6) is -0.742. The molecule has 0 aliphatic heterocycles. The predicted molar refractivity (Wildman–Crippen MR) is 88.7 cm³/mol. The van der Waals surface area contributed by atoms with E-state index in [1.807, 2.05) is 31.2 Å². The highest BCUT2D eigenvalue weighted by atomic mass is 16.5. The number of carboxylic acid groups (broad SMARTS) is 1. The van der Waals surface area contributed by atoms with Crippen LogP contribution in [0.3, 0.4) is 0 Å². The Hall–Kier alpha value is -2.88. The molecule has 0 saturated carbocycles. The Morgan fingerprint density at radius 1 is 1.04 bits per heavy atom. The molecule has 0 radical (unpaired) electrons. The van der Waals surface area contributed by atoms with Gasteiger partial charge in [-0.3, -0.25) is 4.79 Å². The minimum absolute atomic E-state index is 0.122. The van der Waals surface area contributed by atoms with Crippen LogP contribution in [0.5, 0.6) is 5.75 Å². The summed E-state index contributed by atoms with van der Waals surface area (Å²) in [7, 11) is 0. The summed E-state index contributed by atoms with van der Waals surface area (Å²) in [6.45, 7) is 3.46. The van der Waals surface area contributed by atoms with Crippen molar-refractivity contribution in [3.63, 3.8) is 0 Å². The molecule has 1 unspecified atom stereocenters. The number of aliphatic carboxylic acids is 1. The number of allylic oxidation sites excluding steroid dienone is 1. The molecule has 0 heterocycles. The van der Waals surface area contributed by atoms with Crippen LogP contribution in [0, 0.1) is 6.92 Å². The molecule has 2 aromatic carbocycles. The van der Waals surface area contributed by atoms with Gasteiger partial charge in [0, 0.05) is 5.56 Å². The maximum absolute atomic E-state index is 12.1. The number of hydrogen-bond acceptors (Lipinski definition) is 3. The lowest BCUT2D eigenvalue weighted by Crippen LogP contribution is -2.22. The zero-order valence-corrected chi connectivity index (χ0v) is 13.0. The molecule has 0 fully saturated rings. The average Bonchev–Trinajstić information content (AvgIpc) is 2.54. The van der Waals surface area contributed by atoms with Crippen LogP contribution >= 0.6 is 0 Å². The number of carbonyl (C=O) groups excluding carboxylic acids is 1. The molecule has 1 N–H and O–H groups in total. The van der Waals surface area contributed by atoms with Gasteiger partial charge in [0.1, 0.15) is 5.75 Å². The van der Waals surface area contributed by atoms with E-state index in [1.54, 1.807) is 30.3 Å². The average molecular weight is 310 g/mol. The first-order chi connectivity index (χ1) is 11.0. The SMILES string of the molecule is Cc1ccc(/C=C/C(=O)c2ccc(OC(C)C(=O)O)cc2)cc1. The molecule has 0 bridgehead atoms. The number of benzene rings is 2. The van der Waals surface area contributed by atoms with Gasteiger partial charge >= 0.3 is 5.97 Å². The predicted octanol–water partition coefficient (Wildman–Crippen LogP) is 3.74. The molecule has 0 aliphatic rings. The van der Waals surface area contributed by atoms with Crippen molar-refractivity contribution < 1.29 is 19.4 Å². The van der Waals surface area contributed by atoms with E-state index in [9.17, 15) is 9.59 Å². The first-order valence-electron chi connectivity index (χ1n) is 7.24. The maximum atomic E-state index is 12.1. The van der Waals surface area contributed by atoms with Gasteiger partial charge in [0.15, 0.2) is 11.9 Å². The molecule has 1 atom stereocenters. The van der Waals surface area contributed by atoms with Crippen LogP contribution in [0.25, 0.3) is 6.08 Å². The zero-order chi connectivity index (χ0) is 16.8. The van der Waals surface area contributed by atoms with Crippen molar-refractivity contribution in [1.82, 2.24) is 0 Å². The van der Waals surface area contributed by atoms with Crippen LogP contribution in [-0.4, -0.2) is 23.0 Å². The Morgan fingerprint density at radius 2 is 1.65 bits per heavy atom. The van der Waals surface area contributed by atoms with Crippen LogP contribution < -0.4 is 4.74 Å². The fraction of sp³-hybridized carbons (Fsp3) is 0.158. The Kier molecular flexibility index (Phi) is 5.31. The minimum atomic E-state index is -1.04.